The molecule has 0 atom stereocenters. The summed E-state index contributed by atoms with van der Waals surface area (Å²) in [6.45, 7) is 2.13. The minimum atomic E-state index is -0.372. The Kier molecular flexibility index (Phi) is 5.82. The van der Waals surface area contributed by atoms with Crippen LogP contribution in [0.4, 0.5) is 0 Å². The molecule has 0 heterocycles. The Balaban J connectivity index is 2.29. The van der Waals surface area contributed by atoms with Gasteiger partial charge in [-0.2, -0.15) is 0 Å². The third-order valence-electron chi connectivity index (χ3n) is 3.92. The van der Waals surface area contributed by atoms with Crippen molar-refractivity contribution in [1.29, 1.82) is 0 Å². The molecule has 0 fully saturated rings. The molecule has 0 saturated carbocycles. The fourth-order valence-electron chi connectivity index (χ4n) is 2.69. The fourth-order valence-corrected chi connectivity index (χ4v) is 2.69. The second-order valence-electron chi connectivity index (χ2n) is 5.69. The van der Waals surface area contributed by atoms with E-state index >= 15 is 0 Å². The summed E-state index contributed by atoms with van der Waals surface area (Å²) in [5.74, 6) is -0.372. The lowest BCUT2D eigenvalue weighted by Gasteiger charge is -2.09. The summed E-state index contributed by atoms with van der Waals surface area (Å²) in [7, 11) is 0. The van der Waals surface area contributed by atoms with Crippen LogP contribution < -0.4 is 0 Å². The lowest BCUT2D eigenvalue weighted by molar-refractivity contribution is -0.136. The van der Waals surface area contributed by atoms with Crippen LogP contribution in [-0.2, 0) is 9.53 Å². The third kappa shape index (κ3) is 4.18. The van der Waals surface area contributed by atoms with Crippen molar-refractivity contribution in [2.24, 2.45) is 0 Å². The monoisotopic (exact) mass is 340 g/mol. The van der Waals surface area contributed by atoms with E-state index in [9.17, 15) is 4.79 Å². The first-order valence-electron chi connectivity index (χ1n) is 8.64. The van der Waals surface area contributed by atoms with E-state index in [0.29, 0.717) is 12.2 Å². The van der Waals surface area contributed by atoms with E-state index in [1.54, 1.807) is 6.92 Å². The van der Waals surface area contributed by atoms with Gasteiger partial charge in [-0.15, -0.1) is 0 Å². The normalized spacial score (nSPS) is 9.88. The van der Waals surface area contributed by atoms with Crippen LogP contribution in [-0.4, -0.2) is 12.6 Å². The maximum absolute atomic E-state index is 12.6. The van der Waals surface area contributed by atoms with Crippen molar-refractivity contribution >= 4 is 17.1 Å². The first-order chi connectivity index (χ1) is 12.8. The largest absolute Gasteiger partial charge is 0.462 e. The minimum absolute atomic E-state index is 0.322. The number of carbonyl (C=O) groups excluding carboxylic acids is 1. The standard InChI is InChI=1S/C24H20O2/c1-2-26-24(25)23(21-16-10-5-11-17-21)18-22(19-12-6-3-7-13-19)20-14-8-4-9-15-20/h3-17H,2H2,1H3. The highest BCUT2D eigenvalue weighted by molar-refractivity contribution is 6.17. The quantitative estimate of drug-likeness (QED) is 0.355. The predicted octanol–water partition coefficient (Wildman–Crippen LogP) is 5.36. The Hall–Kier alpha value is -3.35. The van der Waals surface area contributed by atoms with Gasteiger partial charge in [-0.25, -0.2) is 4.79 Å². The molecule has 0 aliphatic carbocycles. The van der Waals surface area contributed by atoms with E-state index in [1.165, 1.54) is 0 Å². The summed E-state index contributed by atoms with van der Waals surface area (Å²) >= 11 is 0. The van der Waals surface area contributed by atoms with E-state index < -0.39 is 0 Å². The van der Waals surface area contributed by atoms with Crippen LogP contribution in [0.15, 0.2) is 96.7 Å². The van der Waals surface area contributed by atoms with E-state index in [-0.39, 0.29) is 5.97 Å². The average Bonchev–Trinajstić information content (AvgIpc) is 2.71. The molecule has 0 amide bonds. The van der Waals surface area contributed by atoms with Crippen molar-refractivity contribution in [2.45, 2.75) is 6.92 Å². The van der Waals surface area contributed by atoms with Gasteiger partial charge in [0, 0.05) is 5.57 Å². The van der Waals surface area contributed by atoms with E-state index in [0.717, 1.165) is 22.3 Å². The summed E-state index contributed by atoms with van der Waals surface area (Å²) in [4.78, 5) is 12.6. The highest BCUT2D eigenvalue weighted by atomic mass is 16.5. The first-order valence-corrected chi connectivity index (χ1v) is 8.64. The van der Waals surface area contributed by atoms with Gasteiger partial charge in [-0.05, 0) is 23.6 Å². The van der Waals surface area contributed by atoms with Gasteiger partial charge >= 0.3 is 5.97 Å². The molecule has 3 aromatic carbocycles. The van der Waals surface area contributed by atoms with E-state index in [2.05, 4.69) is 5.73 Å². The molecule has 26 heavy (non-hydrogen) atoms. The summed E-state index contributed by atoms with van der Waals surface area (Å²) in [6, 6.07) is 29.4. The van der Waals surface area contributed by atoms with Crippen molar-refractivity contribution < 1.29 is 9.53 Å². The zero-order chi connectivity index (χ0) is 18.2. The van der Waals surface area contributed by atoms with Crippen molar-refractivity contribution in [2.75, 3.05) is 6.61 Å². The molecule has 0 N–H and O–H groups in total. The highest BCUT2D eigenvalue weighted by Gasteiger charge is 2.14. The summed E-state index contributed by atoms with van der Waals surface area (Å²) < 4.78 is 5.28. The van der Waals surface area contributed by atoms with Crippen LogP contribution >= 0.6 is 0 Å². The number of hydrogen-bond donors (Lipinski definition) is 0. The molecule has 3 rings (SSSR count). The van der Waals surface area contributed by atoms with E-state index in [1.807, 2.05) is 91.0 Å². The molecule has 0 bridgehead atoms. The van der Waals surface area contributed by atoms with Gasteiger partial charge in [0.1, 0.15) is 5.57 Å². The molecule has 2 heteroatoms. The fraction of sp³-hybridized carbons (Fsp3) is 0.0833. The average molecular weight is 340 g/mol. The van der Waals surface area contributed by atoms with Gasteiger partial charge in [0.05, 0.1) is 6.61 Å². The topological polar surface area (TPSA) is 26.3 Å². The molecule has 3 aromatic rings. The maximum Gasteiger partial charge on any atom is 0.346 e. The minimum Gasteiger partial charge on any atom is -0.462 e. The van der Waals surface area contributed by atoms with Crippen molar-refractivity contribution in [3.8, 4) is 0 Å². The van der Waals surface area contributed by atoms with Crippen molar-refractivity contribution in [3.63, 3.8) is 0 Å². The third-order valence-corrected chi connectivity index (χ3v) is 3.92. The van der Waals surface area contributed by atoms with Crippen LogP contribution in [0.5, 0.6) is 0 Å². The Bertz CT molecular complexity index is 878. The second kappa shape index (κ2) is 8.66. The summed E-state index contributed by atoms with van der Waals surface area (Å²) in [6.07, 6.45) is 0. The predicted molar refractivity (Wildman–Crippen MR) is 105 cm³/mol. The first kappa shape index (κ1) is 17.5. The molecule has 0 spiro atoms. The van der Waals surface area contributed by atoms with Gasteiger partial charge in [-0.3, -0.25) is 0 Å². The molecular formula is C24H20O2. The SMILES string of the molecule is CCOC(=O)C(=C=C(c1ccccc1)c1ccccc1)c1ccccc1. The van der Waals surface area contributed by atoms with Crippen LogP contribution in [0.3, 0.4) is 0 Å². The summed E-state index contributed by atoms with van der Waals surface area (Å²) in [5, 5.41) is 0. The smallest absolute Gasteiger partial charge is 0.346 e. The number of ether oxygens (including phenoxy) is 1. The van der Waals surface area contributed by atoms with Gasteiger partial charge in [0.2, 0.25) is 0 Å². The molecule has 0 radical (unpaired) electrons. The van der Waals surface area contributed by atoms with Crippen molar-refractivity contribution in [3.05, 3.63) is 113 Å². The molecule has 128 valence electrons. The molecule has 2 nitrogen and oxygen atoms in total. The summed E-state index contributed by atoms with van der Waals surface area (Å²) in [5.41, 5.74) is 7.41. The number of benzene rings is 3. The van der Waals surface area contributed by atoms with Gasteiger partial charge in [0.15, 0.2) is 0 Å². The molecule has 0 unspecified atom stereocenters. The zero-order valence-corrected chi connectivity index (χ0v) is 14.7. The number of carbonyl (C=O) groups is 1. The van der Waals surface area contributed by atoms with Gasteiger partial charge in [0.25, 0.3) is 0 Å². The van der Waals surface area contributed by atoms with Gasteiger partial charge in [-0.1, -0.05) is 96.7 Å². The molecule has 0 aliphatic heterocycles. The van der Waals surface area contributed by atoms with Crippen LogP contribution in [0.25, 0.3) is 11.1 Å². The lowest BCUT2D eigenvalue weighted by Crippen LogP contribution is -2.06. The Labute approximate surface area is 154 Å². The number of rotatable bonds is 5. The molecule has 0 aromatic heterocycles. The van der Waals surface area contributed by atoms with Crippen molar-refractivity contribution in [1.82, 2.24) is 0 Å². The highest BCUT2D eigenvalue weighted by Crippen LogP contribution is 2.25. The molecule has 0 aliphatic rings. The Morgan fingerprint density at radius 1 is 0.731 bits per heavy atom. The maximum atomic E-state index is 12.6. The van der Waals surface area contributed by atoms with E-state index in [4.69, 9.17) is 4.74 Å². The van der Waals surface area contributed by atoms with Gasteiger partial charge < -0.3 is 4.74 Å². The Morgan fingerprint density at radius 3 is 1.58 bits per heavy atom. The second-order valence-corrected chi connectivity index (χ2v) is 5.69. The van der Waals surface area contributed by atoms with Crippen LogP contribution in [0, 0.1) is 0 Å². The van der Waals surface area contributed by atoms with Crippen LogP contribution in [0.2, 0.25) is 0 Å². The number of hydrogen-bond acceptors (Lipinski definition) is 2. The zero-order valence-electron chi connectivity index (χ0n) is 14.7. The van der Waals surface area contributed by atoms with Crippen LogP contribution in [0.1, 0.15) is 23.6 Å². The molecular weight excluding hydrogens is 320 g/mol. The molecule has 0 saturated heterocycles. The number of esters is 1. The lowest BCUT2D eigenvalue weighted by atomic mass is 9.96. The Morgan fingerprint density at radius 2 is 1.15 bits per heavy atom.